The molecule has 2 aliphatic rings. The molecule has 0 spiro atoms. The van der Waals surface area contributed by atoms with Crippen LogP contribution < -0.4 is 0 Å². The molecule has 6 heteroatoms. The number of imide groups is 1. The van der Waals surface area contributed by atoms with E-state index in [-0.39, 0.29) is 11.8 Å². The van der Waals surface area contributed by atoms with Crippen molar-refractivity contribution in [1.82, 2.24) is 14.8 Å². The Bertz CT molecular complexity index is 1380. The van der Waals surface area contributed by atoms with E-state index in [0.717, 1.165) is 57.4 Å². The Kier molecular flexibility index (Phi) is 4.59. The fourth-order valence-electron chi connectivity index (χ4n) is 5.15. The number of amides is 2. The van der Waals surface area contributed by atoms with Crippen LogP contribution in [0, 0.1) is 0 Å². The lowest BCUT2D eigenvalue weighted by atomic mass is 9.94. The van der Waals surface area contributed by atoms with E-state index in [2.05, 4.69) is 11.8 Å². The molecule has 0 N–H and O–H groups in total. The van der Waals surface area contributed by atoms with Gasteiger partial charge in [-0.3, -0.25) is 19.4 Å². The van der Waals surface area contributed by atoms with Gasteiger partial charge >= 0.3 is 0 Å². The average molecular weight is 442 g/mol. The quantitative estimate of drug-likeness (QED) is 0.390. The lowest BCUT2D eigenvalue weighted by Gasteiger charge is -2.33. The monoisotopic (exact) mass is 441 g/mol. The van der Waals surface area contributed by atoms with Crippen molar-refractivity contribution in [1.29, 1.82) is 0 Å². The minimum Gasteiger partial charge on any atom is -0.283 e. The van der Waals surface area contributed by atoms with Crippen molar-refractivity contribution < 1.29 is 9.59 Å². The van der Waals surface area contributed by atoms with Crippen molar-refractivity contribution in [2.24, 2.45) is 0 Å². The van der Waals surface area contributed by atoms with Gasteiger partial charge in [-0.15, -0.1) is 11.3 Å². The summed E-state index contributed by atoms with van der Waals surface area (Å²) in [6.45, 7) is 3.46. The molecule has 32 heavy (non-hydrogen) atoms. The minimum atomic E-state index is -0.211. The number of fused-ring (bicyclic) bond motifs is 2. The normalized spacial score (nSPS) is 18.9. The number of benzene rings is 3. The average Bonchev–Trinajstić information content (AvgIpc) is 3.47. The summed E-state index contributed by atoms with van der Waals surface area (Å²) in [6, 6.07) is 18.2. The maximum atomic E-state index is 13.6. The van der Waals surface area contributed by atoms with Crippen LogP contribution in [0.15, 0.2) is 54.6 Å². The van der Waals surface area contributed by atoms with Crippen molar-refractivity contribution in [3.8, 4) is 10.6 Å². The Morgan fingerprint density at radius 2 is 1.84 bits per heavy atom. The zero-order chi connectivity index (χ0) is 21.8. The Labute approximate surface area is 190 Å². The summed E-state index contributed by atoms with van der Waals surface area (Å²) in [5.74, 6) is -0.404. The lowest BCUT2D eigenvalue weighted by molar-refractivity contribution is 0.0481. The van der Waals surface area contributed by atoms with Gasteiger partial charge in [0, 0.05) is 34.5 Å². The van der Waals surface area contributed by atoms with Crippen LogP contribution in [-0.4, -0.2) is 45.9 Å². The van der Waals surface area contributed by atoms with Crippen LogP contribution in [0.4, 0.5) is 0 Å². The molecule has 0 saturated carbocycles. The Hall–Kier alpha value is -3.09. The number of carbonyl (C=O) groups excluding carboxylic acids is 2. The second-order valence-corrected chi connectivity index (χ2v) is 9.58. The van der Waals surface area contributed by atoms with Gasteiger partial charge in [-0.05, 0) is 31.4 Å². The highest BCUT2D eigenvalue weighted by atomic mass is 32.1. The third-order valence-electron chi connectivity index (χ3n) is 6.78. The van der Waals surface area contributed by atoms with Gasteiger partial charge in [-0.1, -0.05) is 49.4 Å². The molecular weight excluding hydrogens is 418 g/mol. The van der Waals surface area contributed by atoms with Crippen molar-refractivity contribution in [2.45, 2.75) is 32.2 Å². The molecule has 5 nitrogen and oxygen atoms in total. The molecular formula is C26H23N3O2S. The molecule has 6 rings (SSSR count). The number of thiazole rings is 1. The Morgan fingerprint density at radius 1 is 1.03 bits per heavy atom. The maximum Gasteiger partial charge on any atom is 0.262 e. The summed E-state index contributed by atoms with van der Waals surface area (Å²) in [5, 5.41) is 2.62. The van der Waals surface area contributed by atoms with Crippen molar-refractivity contribution in [3.05, 3.63) is 65.7 Å². The van der Waals surface area contributed by atoms with E-state index in [1.54, 1.807) is 11.3 Å². The number of hydrogen-bond acceptors (Lipinski definition) is 5. The van der Waals surface area contributed by atoms with Crippen LogP contribution in [0.25, 0.3) is 31.6 Å². The van der Waals surface area contributed by atoms with Crippen molar-refractivity contribution in [2.75, 3.05) is 13.2 Å². The predicted octanol–water partition coefficient (Wildman–Crippen LogP) is 5.54. The molecule has 1 atom stereocenters. The molecule has 0 unspecified atom stereocenters. The summed E-state index contributed by atoms with van der Waals surface area (Å²) in [7, 11) is 0. The molecule has 1 fully saturated rings. The first-order valence-corrected chi connectivity index (χ1v) is 12.0. The number of likely N-dealkylation sites (tertiary alicyclic amines) is 1. The van der Waals surface area contributed by atoms with E-state index in [1.165, 1.54) is 4.90 Å². The van der Waals surface area contributed by atoms with Gasteiger partial charge in [-0.25, -0.2) is 4.98 Å². The topological polar surface area (TPSA) is 53.5 Å². The molecule has 1 saturated heterocycles. The summed E-state index contributed by atoms with van der Waals surface area (Å²) in [5.41, 5.74) is 3.06. The fourth-order valence-corrected chi connectivity index (χ4v) is 6.23. The van der Waals surface area contributed by atoms with E-state index in [0.29, 0.717) is 23.8 Å². The van der Waals surface area contributed by atoms with Gasteiger partial charge in [0.05, 0.1) is 22.4 Å². The van der Waals surface area contributed by atoms with E-state index >= 15 is 0 Å². The third-order valence-corrected chi connectivity index (χ3v) is 7.93. The number of hydrogen-bond donors (Lipinski definition) is 0. The Morgan fingerprint density at radius 3 is 2.66 bits per heavy atom. The van der Waals surface area contributed by atoms with E-state index < -0.39 is 0 Å². The molecule has 3 aromatic carbocycles. The second-order valence-electron chi connectivity index (χ2n) is 8.58. The third kappa shape index (κ3) is 2.90. The number of carbonyl (C=O) groups is 2. The largest absolute Gasteiger partial charge is 0.283 e. The highest BCUT2D eigenvalue weighted by Crippen LogP contribution is 2.40. The highest BCUT2D eigenvalue weighted by Gasteiger charge is 2.36. The second kappa shape index (κ2) is 7.50. The zero-order valence-corrected chi connectivity index (χ0v) is 18.7. The molecule has 1 aromatic heterocycles. The number of aromatic nitrogens is 1. The molecule has 4 aromatic rings. The molecule has 160 valence electrons. The molecule has 2 amide bonds. The van der Waals surface area contributed by atoms with Crippen LogP contribution in [0.5, 0.6) is 0 Å². The molecule has 0 radical (unpaired) electrons. The van der Waals surface area contributed by atoms with Gasteiger partial charge < -0.3 is 0 Å². The number of rotatable bonds is 4. The van der Waals surface area contributed by atoms with Crippen molar-refractivity contribution in [3.63, 3.8) is 0 Å². The van der Waals surface area contributed by atoms with E-state index in [1.807, 2.05) is 54.6 Å². The molecule has 0 bridgehead atoms. The summed E-state index contributed by atoms with van der Waals surface area (Å²) in [4.78, 5) is 35.6. The minimum absolute atomic E-state index is 0.193. The Balaban J connectivity index is 1.49. The SMILES string of the molecule is CC[C@@H]1CCCN1CN1C(=O)c2cccc3c2c(cc2nc(-c4ccccc4)sc23)C1=O. The predicted molar refractivity (Wildman–Crippen MR) is 128 cm³/mol. The van der Waals surface area contributed by atoms with Gasteiger partial charge in [-0.2, -0.15) is 0 Å². The first-order chi connectivity index (χ1) is 15.7. The van der Waals surface area contributed by atoms with Crippen LogP contribution in [0.3, 0.4) is 0 Å². The first-order valence-electron chi connectivity index (χ1n) is 11.2. The van der Waals surface area contributed by atoms with Crippen LogP contribution in [-0.2, 0) is 0 Å². The fraction of sp³-hybridized carbons (Fsp3) is 0.269. The van der Waals surface area contributed by atoms with Crippen LogP contribution in [0.2, 0.25) is 0 Å². The van der Waals surface area contributed by atoms with Gasteiger partial charge in [0.15, 0.2) is 0 Å². The van der Waals surface area contributed by atoms with Crippen LogP contribution >= 0.6 is 11.3 Å². The summed E-state index contributed by atoms with van der Waals surface area (Å²) < 4.78 is 1.02. The summed E-state index contributed by atoms with van der Waals surface area (Å²) >= 11 is 1.61. The highest BCUT2D eigenvalue weighted by molar-refractivity contribution is 7.22. The molecule has 2 aliphatic heterocycles. The first kappa shape index (κ1) is 19.6. The zero-order valence-electron chi connectivity index (χ0n) is 17.9. The smallest absolute Gasteiger partial charge is 0.262 e. The number of nitrogens with zero attached hydrogens (tertiary/aromatic N) is 3. The maximum absolute atomic E-state index is 13.6. The van der Waals surface area contributed by atoms with Gasteiger partial charge in [0.1, 0.15) is 5.01 Å². The lowest BCUT2D eigenvalue weighted by Crippen LogP contribution is -2.48. The van der Waals surface area contributed by atoms with E-state index in [9.17, 15) is 9.59 Å². The van der Waals surface area contributed by atoms with Gasteiger partial charge in [0.25, 0.3) is 11.8 Å². The van der Waals surface area contributed by atoms with Crippen LogP contribution in [0.1, 0.15) is 46.9 Å². The summed E-state index contributed by atoms with van der Waals surface area (Å²) in [6.07, 6.45) is 3.27. The van der Waals surface area contributed by atoms with Crippen molar-refractivity contribution >= 4 is 44.1 Å². The molecule has 0 aliphatic carbocycles. The van der Waals surface area contributed by atoms with E-state index in [4.69, 9.17) is 4.98 Å². The standard InChI is InChI=1S/C26H23N3O2S/c1-2-17-10-7-13-28(17)15-29-25(30)19-12-6-11-18-22(19)20(26(29)31)14-21-23(18)32-24(27-21)16-8-4-3-5-9-16/h3-6,8-9,11-12,14,17H,2,7,10,13,15H2,1H3/t17-/m1/s1. The van der Waals surface area contributed by atoms with Gasteiger partial charge in [0.2, 0.25) is 0 Å². The molecule has 3 heterocycles.